The topological polar surface area (TPSA) is 32.8 Å². The highest BCUT2D eigenvalue weighted by atomic mass is 16.5. The summed E-state index contributed by atoms with van der Waals surface area (Å²) in [6.45, 7) is 8.10. The molecular weight excluding hydrogens is 324 g/mol. The van der Waals surface area contributed by atoms with Crippen LogP contribution in [0.25, 0.3) is 0 Å². The highest BCUT2D eigenvalue weighted by Crippen LogP contribution is 2.46. The highest BCUT2D eigenvalue weighted by molar-refractivity contribution is 6.09. The van der Waals surface area contributed by atoms with Crippen molar-refractivity contribution in [2.45, 2.75) is 25.9 Å². The third-order valence-corrected chi connectivity index (χ3v) is 5.36. The molecule has 1 unspecified atom stereocenters. The molecule has 0 saturated heterocycles. The summed E-state index contributed by atoms with van der Waals surface area (Å²) in [4.78, 5) is 17.8. The van der Waals surface area contributed by atoms with Crippen molar-refractivity contribution in [3.63, 3.8) is 0 Å². The van der Waals surface area contributed by atoms with Gasteiger partial charge in [0.1, 0.15) is 0 Å². The second-order valence-electron chi connectivity index (χ2n) is 6.61. The maximum atomic E-state index is 13.5. The van der Waals surface area contributed by atoms with E-state index in [9.17, 15) is 4.79 Å². The van der Waals surface area contributed by atoms with Gasteiger partial charge in [0, 0.05) is 19.2 Å². The summed E-state index contributed by atoms with van der Waals surface area (Å²) in [7, 11) is 1.63. The number of amides is 1. The average molecular weight is 352 g/mol. The number of benzene rings is 2. The van der Waals surface area contributed by atoms with E-state index in [1.54, 1.807) is 7.11 Å². The average Bonchev–Trinajstić information content (AvgIpc) is 2.94. The predicted octanol–water partition coefficient (Wildman–Crippen LogP) is 3.66. The molecule has 138 valence electrons. The van der Waals surface area contributed by atoms with Crippen LogP contribution in [-0.2, 0) is 15.1 Å². The van der Waals surface area contributed by atoms with Crippen LogP contribution in [0, 0.1) is 0 Å². The Morgan fingerprint density at radius 1 is 1.00 bits per heavy atom. The second-order valence-corrected chi connectivity index (χ2v) is 6.61. The zero-order chi connectivity index (χ0) is 18.6. The van der Waals surface area contributed by atoms with Crippen molar-refractivity contribution in [2.24, 2.45) is 0 Å². The van der Waals surface area contributed by atoms with Crippen molar-refractivity contribution in [3.05, 3.63) is 65.7 Å². The van der Waals surface area contributed by atoms with Gasteiger partial charge in [-0.2, -0.15) is 0 Å². The van der Waals surface area contributed by atoms with Crippen LogP contribution in [0.4, 0.5) is 5.69 Å². The summed E-state index contributed by atoms with van der Waals surface area (Å²) in [5.74, 6) is 0.00643. The van der Waals surface area contributed by atoms with E-state index in [1.165, 1.54) is 0 Å². The van der Waals surface area contributed by atoms with E-state index in [4.69, 9.17) is 4.74 Å². The smallest absolute Gasteiger partial charge is 0.268 e. The lowest BCUT2D eigenvalue weighted by molar-refractivity contribution is -0.135. The third kappa shape index (κ3) is 3.04. The molecule has 1 aliphatic rings. The Morgan fingerprint density at radius 3 is 2.31 bits per heavy atom. The number of hydrogen-bond acceptors (Lipinski definition) is 3. The summed E-state index contributed by atoms with van der Waals surface area (Å²) in [6, 6.07) is 17.8. The molecule has 0 saturated carbocycles. The number of methoxy groups -OCH3 is 1. The fourth-order valence-corrected chi connectivity index (χ4v) is 3.90. The van der Waals surface area contributed by atoms with Crippen LogP contribution in [-0.4, -0.2) is 44.1 Å². The molecule has 0 N–H and O–H groups in total. The summed E-state index contributed by atoms with van der Waals surface area (Å²) in [6.07, 6.45) is 0.941. The van der Waals surface area contributed by atoms with Crippen molar-refractivity contribution in [1.82, 2.24) is 4.90 Å². The van der Waals surface area contributed by atoms with Gasteiger partial charge in [0.25, 0.3) is 5.91 Å². The van der Waals surface area contributed by atoms with Crippen LogP contribution in [0.2, 0.25) is 0 Å². The maximum Gasteiger partial charge on any atom is 0.268 e. The van der Waals surface area contributed by atoms with Crippen LogP contribution in [0.3, 0.4) is 0 Å². The quantitative estimate of drug-likeness (QED) is 0.727. The number of rotatable bonds is 8. The van der Waals surface area contributed by atoms with E-state index in [-0.39, 0.29) is 5.91 Å². The number of nitrogens with zero attached hydrogens (tertiary/aromatic N) is 2. The molecule has 1 atom stereocenters. The summed E-state index contributed by atoms with van der Waals surface area (Å²) in [5.41, 5.74) is 1.73. The van der Waals surface area contributed by atoms with E-state index in [1.807, 2.05) is 59.5 Å². The number of anilines is 1. The molecule has 2 aromatic rings. The lowest BCUT2D eigenvalue weighted by atomic mass is 9.87. The number of carbonyl (C=O) groups is 1. The van der Waals surface area contributed by atoms with Crippen molar-refractivity contribution in [3.8, 4) is 0 Å². The predicted molar refractivity (Wildman–Crippen MR) is 105 cm³/mol. The molecule has 0 radical (unpaired) electrons. The molecule has 26 heavy (non-hydrogen) atoms. The highest BCUT2D eigenvalue weighted by Gasteiger charge is 2.52. The zero-order valence-electron chi connectivity index (χ0n) is 15.9. The molecule has 0 aliphatic carbocycles. The Kier molecular flexibility index (Phi) is 5.74. The van der Waals surface area contributed by atoms with Crippen LogP contribution < -0.4 is 4.90 Å². The molecule has 0 aromatic heterocycles. The molecule has 0 bridgehead atoms. The molecule has 0 spiro atoms. The second kappa shape index (κ2) is 8.02. The summed E-state index contributed by atoms with van der Waals surface area (Å²) in [5, 5.41) is 0. The Labute approximate surface area is 156 Å². The first kappa shape index (κ1) is 18.6. The fourth-order valence-electron chi connectivity index (χ4n) is 3.90. The monoisotopic (exact) mass is 352 g/mol. The molecule has 4 heteroatoms. The van der Waals surface area contributed by atoms with Gasteiger partial charge in [-0.3, -0.25) is 4.79 Å². The zero-order valence-corrected chi connectivity index (χ0v) is 15.9. The fraction of sp³-hybridized carbons (Fsp3) is 0.409. The Bertz CT molecular complexity index is 743. The normalized spacial score (nSPS) is 19.2. The van der Waals surface area contributed by atoms with Crippen LogP contribution >= 0.6 is 0 Å². The minimum Gasteiger partial charge on any atom is -0.359 e. The maximum absolute atomic E-state index is 13.5. The number of para-hydroxylation sites is 1. The van der Waals surface area contributed by atoms with E-state index in [0.717, 1.165) is 42.9 Å². The van der Waals surface area contributed by atoms with Gasteiger partial charge in [0.15, 0.2) is 5.60 Å². The van der Waals surface area contributed by atoms with E-state index >= 15 is 0 Å². The Morgan fingerprint density at radius 2 is 1.65 bits per heavy atom. The molecule has 1 heterocycles. The molecule has 1 aliphatic heterocycles. The molecule has 4 nitrogen and oxygen atoms in total. The number of fused-ring (bicyclic) bond motifs is 1. The standard InChI is InChI=1S/C22H28N2O2/c1-4-23(5-2)16-11-17-24-20-15-10-9-14-19(20)22(26-3,21(24)25)18-12-7-6-8-13-18/h6-10,12-15H,4-5,11,16-17H2,1-3H3. The molecule has 0 fully saturated rings. The lowest BCUT2D eigenvalue weighted by Gasteiger charge is -2.28. The van der Waals surface area contributed by atoms with Crippen LogP contribution in [0.5, 0.6) is 0 Å². The minimum absolute atomic E-state index is 0.00643. The lowest BCUT2D eigenvalue weighted by Crippen LogP contribution is -2.43. The van der Waals surface area contributed by atoms with Gasteiger partial charge in [-0.05, 0) is 37.7 Å². The van der Waals surface area contributed by atoms with Gasteiger partial charge in [-0.15, -0.1) is 0 Å². The van der Waals surface area contributed by atoms with Crippen molar-refractivity contribution >= 4 is 11.6 Å². The van der Waals surface area contributed by atoms with Gasteiger partial charge < -0.3 is 14.5 Å². The molecule has 1 amide bonds. The van der Waals surface area contributed by atoms with Gasteiger partial charge in [0.05, 0.1) is 5.69 Å². The molecular formula is C22H28N2O2. The van der Waals surface area contributed by atoms with Gasteiger partial charge in [0.2, 0.25) is 0 Å². The SMILES string of the molecule is CCN(CC)CCCN1C(=O)C(OC)(c2ccccc2)c2ccccc21. The van der Waals surface area contributed by atoms with Gasteiger partial charge in [-0.25, -0.2) is 0 Å². The number of carbonyl (C=O) groups excluding carboxylic acids is 1. The number of hydrogen-bond donors (Lipinski definition) is 0. The van der Waals surface area contributed by atoms with E-state index in [0.29, 0.717) is 6.54 Å². The van der Waals surface area contributed by atoms with Gasteiger partial charge in [-0.1, -0.05) is 62.4 Å². The minimum atomic E-state index is -1.05. The number of ether oxygens (including phenoxy) is 1. The first-order valence-electron chi connectivity index (χ1n) is 9.43. The van der Waals surface area contributed by atoms with E-state index < -0.39 is 5.60 Å². The van der Waals surface area contributed by atoms with Crippen LogP contribution in [0.1, 0.15) is 31.4 Å². The first-order valence-corrected chi connectivity index (χ1v) is 9.43. The summed E-state index contributed by atoms with van der Waals surface area (Å²) >= 11 is 0. The third-order valence-electron chi connectivity index (χ3n) is 5.36. The Balaban J connectivity index is 1.93. The van der Waals surface area contributed by atoms with Crippen molar-refractivity contribution in [1.29, 1.82) is 0 Å². The van der Waals surface area contributed by atoms with Crippen molar-refractivity contribution < 1.29 is 9.53 Å². The summed E-state index contributed by atoms with van der Waals surface area (Å²) < 4.78 is 5.92. The first-order chi connectivity index (χ1) is 12.7. The van der Waals surface area contributed by atoms with Gasteiger partial charge >= 0.3 is 0 Å². The molecule has 3 rings (SSSR count). The Hall–Kier alpha value is -2.17. The largest absolute Gasteiger partial charge is 0.359 e. The molecule has 2 aromatic carbocycles. The van der Waals surface area contributed by atoms with E-state index in [2.05, 4.69) is 18.7 Å². The van der Waals surface area contributed by atoms with Crippen molar-refractivity contribution in [2.75, 3.05) is 38.2 Å². The van der Waals surface area contributed by atoms with Crippen LogP contribution in [0.15, 0.2) is 54.6 Å².